The Morgan fingerprint density at radius 3 is 2.86 bits per heavy atom. The van der Waals surface area contributed by atoms with E-state index in [0.717, 1.165) is 11.4 Å². The lowest BCUT2D eigenvalue weighted by Gasteiger charge is -2.02. The molecule has 0 fully saturated rings. The number of nitrogens with one attached hydrogen (secondary N) is 1. The molecule has 1 amide bonds. The molecule has 0 bridgehead atoms. The van der Waals surface area contributed by atoms with E-state index in [9.17, 15) is 4.79 Å². The standard InChI is InChI=1S/C9H13N3OS/c1-7-4-11-8(5-10-7)6-12-9(13)2-3-14/h4-5,14H,2-3,6H2,1H3,(H,12,13). The number of thiol groups is 1. The zero-order valence-corrected chi connectivity index (χ0v) is 8.92. The lowest BCUT2D eigenvalue weighted by molar-refractivity contribution is -0.120. The van der Waals surface area contributed by atoms with E-state index in [1.54, 1.807) is 12.4 Å². The second-order valence-electron chi connectivity index (χ2n) is 2.90. The van der Waals surface area contributed by atoms with Gasteiger partial charge >= 0.3 is 0 Å². The van der Waals surface area contributed by atoms with Crippen LogP contribution in [0.3, 0.4) is 0 Å². The predicted octanol–water partition coefficient (Wildman–Crippen LogP) is 0.721. The molecule has 5 heteroatoms. The van der Waals surface area contributed by atoms with E-state index in [2.05, 4.69) is 27.9 Å². The molecule has 0 aliphatic heterocycles. The molecule has 0 saturated heterocycles. The van der Waals surface area contributed by atoms with Gasteiger partial charge in [0.05, 0.1) is 24.1 Å². The largest absolute Gasteiger partial charge is 0.350 e. The quantitative estimate of drug-likeness (QED) is 0.722. The topological polar surface area (TPSA) is 54.9 Å². The van der Waals surface area contributed by atoms with E-state index in [1.807, 2.05) is 6.92 Å². The molecule has 0 spiro atoms. The summed E-state index contributed by atoms with van der Waals surface area (Å²) in [5.74, 6) is 0.549. The van der Waals surface area contributed by atoms with Crippen molar-refractivity contribution in [1.29, 1.82) is 0 Å². The van der Waals surface area contributed by atoms with Gasteiger partial charge in [0, 0.05) is 12.6 Å². The highest BCUT2D eigenvalue weighted by Crippen LogP contribution is 1.93. The predicted molar refractivity (Wildman–Crippen MR) is 57.1 cm³/mol. The van der Waals surface area contributed by atoms with Crippen molar-refractivity contribution >= 4 is 18.5 Å². The Morgan fingerprint density at radius 1 is 1.50 bits per heavy atom. The molecule has 4 nitrogen and oxygen atoms in total. The molecular weight excluding hydrogens is 198 g/mol. The van der Waals surface area contributed by atoms with Gasteiger partial charge in [-0.15, -0.1) is 0 Å². The molecule has 0 aromatic carbocycles. The van der Waals surface area contributed by atoms with E-state index in [0.29, 0.717) is 18.7 Å². The number of hydrogen-bond acceptors (Lipinski definition) is 4. The van der Waals surface area contributed by atoms with Crippen molar-refractivity contribution in [3.05, 3.63) is 23.8 Å². The van der Waals surface area contributed by atoms with Crippen LogP contribution in [0.15, 0.2) is 12.4 Å². The zero-order chi connectivity index (χ0) is 10.4. The number of rotatable bonds is 4. The number of nitrogens with zero attached hydrogens (tertiary/aromatic N) is 2. The molecule has 0 aliphatic rings. The Labute approximate surface area is 88.6 Å². The third-order valence-electron chi connectivity index (χ3n) is 1.64. The molecule has 1 rings (SSSR count). The second kappa shape index (κ2) is 5.59. The van der Waals surface area contributed by atoms with Gasteiger partial charge in [0.25, 0.3) is 0 Å². The third-order valence-corrected chi connectivity index (χ3v) is 1.86. The molecule has 1 N–H and O–H groups in total. The van der Waals surface area contributed by atoms with Gasteiger partial charge in [-0.05, 0) is 12.7 Å². The summed E-state index contributed by atoms with van der Waals surface area (Å²) in [5.41, 5.74) is 1.64. The summed E-state index contributed by atoms with van der Waals surface area (Å²) < 4.78 is 0. The summed E-state index contributed by atoms with van der Waals surface area (Å²) in [6.45, 7) is 2.30. The van der Waals surface area contributed by atoms with Crippen LogP contribution in [0.2, 0.25) is 0 Å². The first-order valence-corrected chi connectivity index (χ1v) is 5.00. The van der Waals surface area contributed by atoms with E-state index < -0.39 is 0 Å². The maximum atomic E-state index is 11.1. The fourth-order valence-corrected chi connectivity index (χ4v) is 1.09. The van der Waals surface area contributed by atoms with Gasteiger partial charge in [-0.3, -0.25) is 14.8 Å². The lowest BCUT2D eigenvalue weighted by Crippen LogP contribution is -2.23. The highest BCUT2D eigenvalue weighted by Gasteiger charge is 2.00. The average Bonchev–Trinajstić information content (AvgIpc) is 2.17. The summed E-state index contributed by atoms with van der Waals surface area (Å²) in [7, 11) is 0. The Morgan fingerprint density at radius 2 is 2.29 bits per heavy atom. The zero-order valence-electron chi connectivity index (χ0n) is 8.03. The maximum absolute atomic E-state index is 11.1. The minimum absolute atomic E-state index is 0.0117. The van der Waals surface area contributed by atoms with Gasteiger partial charge < -0.3 is 5.32 Å². The molecule has 14 heavy (non-hydrogen) atoms. The van der Waals surface area contributed by atoms with Crippen molar-refractivity contribution < 1.29 is 4.79 Å². The maximum Gasteiger partial charge on any atom is 0.221 e. The molecule has 0 aliphatic carbocycles. The number of hydrogen-bond donors (Lipinski definition) is 2. The Balaban J connectivity index is 2.38. The van der Waals surface area contributed by atoms with E-state index in [4.69, 9.17) is 0 Å². The molecule has 0 saturated carbocycles. The van der Waals surface area contributed by atoms with Crippen molar-refractivity contribution in [2.75, 3.05) is 5.75 Å². The summed E-state index contributed by atoms with van der Waals surface area (Å²) in [6.07, 6.45) is 3.78. The first-order valence-electron chi connectivity index (χ1n) is 4.37. The van der Waals surface area contributed by atoms with E-state index in [-0.39, 0.29) is 5.91 Å². The molecule has 0 atom stereocenters. The summed E-state index contributed by atoms with van der Waals surface area (Å²) in [6, 6.07) is 0. The van der Waals surface area contributed by atoms with Crippen LogP contribution in [-0.4, -0.2) is 21.6 Å². The summed E-state index contributed by atoms with van der Waals surface area (Å²) in [5, 5.41) is 2.73. The summed E-state index contributed by atoms with van der Waals surface area (Å²) in [4.78, 5) is 19.3. The van der Waals surface area contributed by atoms with Crippen LogP contribution in [0.1, 0.15) is 17.8 Å². The van der Waals surface area contributed by atoms with Gasteiger partial charge in [-0.2, -0.15) is 12.6 Å². The van der Waals surface area contributed by atoms with E-state index >= 15 is 0 Å². The Bertz CT molecular complexity index is 299. The van der Waals surface area contributed by atoms with Crippen LogP contribution in [-0.2, 0) is 11.3 Å². The van der Waals surface area contributed by atoms with Gasteiger partial charge in [0.2, 0.25) is 5.91 Å². The van der Waals surface area contributed by atoms with Crippen LogP contribution in [0, 0.1) is 6.92 Å². The van der Waals surface area contributed by atoms with Crippen LogP contribution in [0.25, 0.3) is 0 Å². The number of carbonyl (C=O) groups excluding carboxylic acids is 1. The third kappa shape index (κ3) is 3.74. The monoisotopic (exact) mass is 211 g/mol. The number of aryl methyl sites for hydroxylation is 1. The first-order chi connectivity index (χ1) is 6.72. The number of amides is 1. The number of aromatic nitrogens is 2. The molecule has 0 radical (unpaired) electrons. The molecule has 1 aromatic rings. The summed E-state index contributed by atoms with van der Waals surface area (Å²) >= 11 is 3.96. The molecule has 0 unspecified atom stereocenters. The minimum atomic E-state index is -0.0117. The fourth-order valence-electron chi connectivity index (χ4n) is 0.890. The normalized spacial score (nSPS) is 9.86. The van der Waals surface area contributed by atoms with Gasteiger partial charge in [-0.25, -0.2) is 0 Å². The van der Waals surface area contributed by atoms with Crippen molar-refractivity contribution in [2.24, 2.45) is 0 Å². The van der Waals surface area contributed by atoms with Gasteiger partial charge in [0.1, 0.15) is 0 Å². The van der Waals surface area contributed by atoms with Gasteiger partial charge in [0.15, 0.2) is 0 Å². The van der Waals surface area contributed by atoms with Crippen molar-refractivity contribution in [2.45, 2.75) is 19.9 Å². The highest BCUT2D eigenvalue weighted by atomic mass is 32.1. The SMILES string of the molecule is Cc1cnc(CNC(=O)CCS)cn1. The number of carbonyl (C=O) groups is 1. The Kier molecular flexibility index (Phi) is 4.39. The van der Waals surface area contributed by atoms with Crippen molar-refractivity contribution in [3.63, 3.8) is 0 Å². The average molecular weight is 211 g/mol. The minimum Gasteiger partial charge on any atom is -0.350 e. The molecule has 76 valence electrons. The van der Waals surface area contributed by atoms with Gasteiger partial charge in [-0.1, -0.05) is 0 Å². The molecule has 1 heterocycles. The molecular formula is C9H13N3OS. The van der Waals surface area contributed by atoms with Crippen LogP contribution in [0.5, 0.6) is 0 Å². The Hall–Kier alpha value is -1.10. The first kappa shape index (κ1) is 11.0. The second-order valence-corrected chi connectivity index (χ2v) is 3.35. The highest BCUT2D eigenvalue weighted by molar-refractivity contribution is 7.80. The van der Waals surface area contributed by atoms with Crippen molar-refractivity contribution in [3.8, 4) is 0 Å². The van der Waals surface area contributed by atoms with Crippen LogP contribution < -0.4 is 5.32 Å². The smallest absolute Gasteiger partial charge is 0.221 e. The molecule has 1 aromatic heterocycles. The van der Waals surface area contributed by atoms with Crippen LogP contribution in [0.4, 0.5) is 0 Å². The van der Waals surface area contributed by atoms with Crippen molar-refractivity contribution in [1.82, 2.24) is 15.3 Å². The van der Waals surface area contributed by atoms with E-state index in [1.165, 1.54) is 0 Å². The fraction of sp³-hybridized carbons (Fsp3) is 0.444. The lowest BCUT2D eigenvalue weighted by atomic mass is 10.4. The van der Waals surface area contributed by atoms with Crippen LogP contribution >= 0.6 is 12.6 Å².